The molecule has 122 valence electrons. The van der Waals surface area contributed by atoms with Gasteiger partial charge in [0.15, 0.2) is 0 Å². The first-order valence-electron chi connectivity index (χ1n) is 7.66. The van der Waals surface area contributed by atoms with Gasteiger partial charge < -0.3 is 4.90 Å². The highest BCUT2D eigenvalue weighted by molar-refractivity contribution is 7.11. The van der Waals surface area contributed by atoms with E-state index in [0.29, 0.717) is 0 Å². The fourth-order valence-corrected chi connectivity index (χ4v) is 3.73. The van der Waals surface area contributed by atoms with Crippen LogP contribution in [0.25, 0.3) is 0 Å². The molecule has 3 rings (SSSR count). The molecular weight excluding hydrogens is 312 g/mol. The number of nitro benzene ring substituents is 1. The maximum atomic E-state index is 11.3. The number of nitro groups is 1. The largest absolute Gasteiger partial charge is 0.363 e. The Labute approximate surface area is 139 Å². The van der Waals surface area contributed by atoms with Gasteiger partial charge in [-0.2, -0.15) is 0 Å². The van der Waals surface area contributed by atoms with Gasteiger partial charge in [0, 0.05) is 49.9 Å². The number of piperazine rings is 1. The molecule has 0 N–H and O–H groups in total. The van der Waals surface area contributed by atoms with Crippen molar-refractivity contribution < 1.29 is 4.92 Å². The minimum Gasteiger partial charge on any atom is -0.363 e. The minimum absolute atomic E-state index is 0.205. The van der Waals surface area contributed by atoms with Gasteiger partial charge in [0.1, 0.15) is 5.69 Å². The smallest absolute Gasteiger partial charge is 0.292 e. The zero-order valence-electron chi connectivity index (χ0n) is 13.4. The highest BCUT2D eigenvalue weighted by Crippen LogP contribution is 2.30. The van der Waals surface area contributed by atoms with Crippen molar-refractivity contribution in [1.29, 1.82) is 0 Å². The molecule has 6 nitrogen and oxygen atoms in total. The van der Waals surface area contributed by atoms with Crippen LogP contribution in [-0.4, -0.2) is 41.0 Å². The number of hydrogen-bond acceptors (Lipinski definition) is 6. The number of benzene rings is 1. The van der Waals surface area contributed by atoms with Gasteiger partial charge >= 0.3 is 0 Å². The zero-order valence-corrected chi connectivity index (χ0v) is 14.2. The van der Waals surface area contributed by atoms with Crippen molar-refractivity contribution in [3.8, 4) is 0 Å². The fraction of sp³-hybridized carbons (Fsp3) is 0.438. The van der Waals surface area contributed by atoms with Crippen LogP contribution in [0.5, 0.6) is 0 Å². The summed E-state index contributed by atoms with van der Waals surface area (Å²) in [4.78, 5) is 21.1. The molecular formula is C16H20N4O2S. The summed E-state index contributed by atoms with van der Waals surface area (Å²) in [6.45, 7) is 8.23. The summed E-state index contributed by atoms with van der Waals surface area (Å²) < 4.78 is 0. The zero-order chi connectivity index (χ0) is 16.4. The highest BCUT2D eigenvalue weighted by atomic mass is 32.1. The number of aromatic nitrogens is 1. The molecule has 7 heteroatoms. The van der Waals surface area contributed by atoms with E-state index < -0.39 is 0 Å². The van der Waals surface area contributed by atoms with Crippen LogP contribution >= 0.6 is 11.3 Å². The van der Waals surface area contributed by atoms with Crippen LogP contribution in [0.4, 0.5) is 11.4 Å². The molecule has 0 atom stereocenters. The normalized spacial score (nSPS) is 15.8. The van der Waals surface area contributed by atoms with Crippen LogP contribution in [0.2, 0.25) is 0 Å². The van der Waals surface area contributed by atoms with Crippen LogP contribution in [-0.2, 0) is 6.54 Å². The maximum absolute atomic E-state index is 11.3. The Morgan fingerprint density at radius 1 is 1.26 bits per heavy atom. The van der Waals surface area contributed by atoms with Crippen molar-refractivity contribution in [3.63, 3.8) is 0 Å². The Morgan fingerprint density at radius 2 is 2.00 bits per heavy atom. The van der Waals surface area contributed by atoms with Gasteiger partial charge in [-0.05, 0) is 25.5 Å². The third kappa shape index (κ3) is 3.68. The van der Waals surface area contributed by atoms with E-state index in [1.165, 1.54) is 4.88 Å². The molecule has 2 heterocycles. The average molecular weight is 332 g/mol. The first-order valence-corrected chi connectivity index (χ1v) is 8.48. The fourth-order valence-electron chi connectivity index (χ4n) is 2.89. The summed E-state index contributed by atoms with van der Waals surface area (Å²) >= 11 is 1.73. The van der Waals surface area contributed by atoms with Crippen LogP contribution in [0.1, 0.15) is 15.4 Å². The number of thiazole rings is 1. The van der Waals surface area contributed by atoms with Crippen molar-refractivity contribution >= 4 is 22.7 Å². The molecule has 1 aliphatic heterocycles. The molecule has 0 radical (unpaired) electrons. The topological polar surface area (TPSA) is 62.5 Å². The molecule has 0 amide bonds. The number of hydrogen-bond donors (Lipinski definition) is 0. The quantitative estimate of drug-likeness (QED) is 0.636. The Kier molecular flexibility index (Phi) is 4.58. The lowest BCUT2D eigenvalue weighted by atomic mass is 10.1. The Balaban J connectivity index is 1.66. The Morgan fingerprint density at radius 3 is 2.61 bits per heavy atom. The predicted molar refractivity (Wildman–Crippen MR) is 92.2 cm³/mol. The Bertz CT molecular complexity index is 708. The van der Waals surface area contributed by atoms with E-state index >= 15 is 0 Å². The van der Waals surface area contributed by atoms with E-state index in [1.54, 1.807) is 17.4 Å². The lowest BCUT2D eigenvalue weighted by molar-refractivity contribution is -0.384. The van der Waals surface area contributed by atoms with Crippen LogP contribution in [0.3, 0.4) is 0 Å². The molecule has 23 heavy (non-hydrogen) atoms. The molecule has 1 aromatic carbocycles. The summed E-state index contributed by atoms with van der Waals surface area (Å²) in [5, 5.41) is 12.4. The van der Waals surface area contributed by atoms with Crippen LogP contribution in [0.15, 0.2) is 24.4 Å². The van der Waals surface area contributed by atoms with Crippen LogP contribution < -0.4 is 4.90 Å². The molecule has 0 aliphatic carbocycles. The summed E-state index contributed by atoms with van der Waals surface area (Å²) in [5.74, 6) is 0. The summed E-state index contributed by atoms with van der Waals surface area (Å²) in [6, 6.07) is 5.46. The highest BCUT2D eigenvalue weighted by Gasteiger charge is 2.24. The minimum atomic E-state index is -0.283. The van der Waals surface area contributed by atoms with Gasteiger partial charge in [-0.25, -0.2) is 4.98 Å². The van der Waals surface area contributed by atoms with Gasteiger partial charge in [0.05, 0.1) is 9.93 Å². The van der Waals surface area contributed by atoms with Crippen molar-refractivity contribution in [3.05, 3.63) is 50.0 Å². The van der Waals surface area contributed by atoms with Crippen LogP contribution in [0, 0.1) is 24.0 Å². The SMILES string of the molecule is Cc1ccc(N2CCN(Cc3cnc(C)s3)CC2)c([N+](=O)[O-])c1. The molecule has 1 saturated heterocycles. The maximum Gasteiger partial charge on any atom is 0.292 e. The number of aryl methyl sites for hydroxylation is 2. The summed E-state index contributed by atoms with van der Waals surface area (Å²) in [7, 11) is 0. The molecule has 0 bridgehead atoms. The number of anilines is 1. The average Bonchev–Trinajstić information content (AvgIpc) is 2.93. The van der Waals surface area contributed by atoms with Gasteiger partial charge in [-0.15, -0.1) is 11.3 Å². The molecule has 1 aliphatic rings. The summed E-state index contributed by atoms with van der Waals surface area (Å²) in [5.41, 5.74) is 1.85. The number of rotatable bonds is 4. The predicted octanol–water partition coefficient (Wildman–Crippen LogP) is 2.99. The third-order valence-corrected chi connectivity index (χ3v) is 4.99. The molecule has 2 aromatic rings. The number of nitrogens with zero attached hydrogens (tertiary/aromatic N) is 4. The van der Waals surface area contributed by atoms with Crippen molar-refractivity contribution in [2.75, 3.05) is 31.1 Å². The second-order valence-electron chi connectivity index (χ2n) is 5.86. The Hall–Kier alpha value is -1.99. The van der Waals surface area contributed by atoms with E-state index in [0.717, 1.165) is 49.0 Å². The lowest BCUT2D eigenvalue weighted by Crippen LogP contribution is -2.46. The molecule has 0 saturated carbocycles. The van der Waals surface area contributed by atoms with Gasteiger partial charge in [-0.3, -0.25) is 15.0 Å². The monoisotopic (exact) mass is 332 g/mol. The van der Waals surface area contributed by atoms with Gasteiger partial charge in [0.2, 0.25) is 0 Å². The molecule has 1 fully saturated rings. The van der Waals surface area contributed by atoms with E-state index in [9.17, 15) is 10.1 Å². The van der Waals surface area contributed by atoms with Gasteiger partial charge in [0.25, 0.3) is 5.69 Å². The first-order chi connectivity index (χ1) is 11.0. The molecule has 0 spiro atoms. The van der Waals surface area contributed by atoms with E-state index in [2.05, 4.69) is 14.8 Å². The van der Waals surface area contributed by atoms with E-state index in [1.807, 2.05) is 32.2 Å². The lowest BCUT2D eigenvalue weighted by Gasteiger charge is -2.35. The van der Waals surface area contributed by atoms with Crippen molar-refractivity contribution in [2.45, 2.75) is 20.4 Å². The van der Waals surface area contributed by atoms with Gasteiger partial charge in [-0.1, -0.05) is 6.07 Å². The second kappa shape index (κ2) is 6.64. The van der Waals surface area contributed by atoms with Crippen molar-refractivity contribution in [2.24, 2.45) is 0 Å². The molecule has 0 unspecified atom stereocenters. The van der Waals surface area contributed by atoms with E-state index in [4.69, 9.17) is 0 Å². The first kappa shape index (κ1) is 15.9. The van der Waals surface area contributed by atoms with Crippen molar-refractivity contribution in [1.82, 2.24) is 9.88 Å². The second-order valence-corrected chi connectivity index (χ2v) is 7.18. The standard InChI is InChI=1S/C16H20N4O2S/c1-12-3-4-15(16(9-12)20(21)22)19-7-5-18(6-8-19)11-14-10-17-13(2)23-14/h3-4,9-10H,5-8,11H2,1-2H3. The molecule has 1 aromatic heterocycles. The van der Waals surface area contributed by atoms with E-state index in [-0.39, 0.29) is 10.6 Å². The summed E-state index contributed by atoms with van der Waals surface area (Å²) in [6.07, 6.45) is 1.94. The third-order valence-electron chi connectivity index (χ3n) is 4.09.